The minimum absolute atomic E-state index is 0.397. The van der Waals surface area contributed by atoms with E-state index in [9.17, 15) is 4.39 Å². The number of nitrogens with two attached hydrogens (primary N) is 1. The third kappa shape index (κ3) is 4.12. The van der Waals surface area contributed by atoms with Crippen molar-refractivity contribution in [2.24, 2.45) is 5.73 Å². The second kappa shape index (κ2) is 8.03. The molecule has 0 aliphatic carbocycles. The van der Waals surface area contributed by atoms with Gasteiger partial charge in [-0.2, -0.15) is 0 Å². The second-order valence-corrected chi connectivity index (χ2v) is 6.28. The lowest BCUT2D eigenvalue weighted by Gasteiger charge is -2.25. The number of hydrogen-bond donors (Lipinski definition) is 4. The number of hydrogen-bond acceptors (Lipinski definition) is 4. The molecule has 0 saturated carbocycles. The van der Waals surface area contributed by atoms with Gasteiger partial charge in [-0.15, -0.1) is 0 Å². The van der Waals surface area contributed by atoms with Gasteiger partial charge in [0.15, 0.2) is 6.30 Å². The first-order valence-corrected chi connectivity index (χ1v) is 8.66. The first kappa shape index (κ1) is 17.3. The Hall–Kier alpha value is -2.53. The molecule has 4 nitrogen and oxygen atoms in total. The van der Waals surface area contributed by atoms with Crippen LogP contribution in [-0.2, 0) is 0 Å². The molecule has 1 atom stereocenters. The highest BCUT2D eigenvalue weighted by Crippen LogP contribution is 2.18. The van der Waals surface area contributed by atoms with E-state index in [2.05, 4.69) is 22.5 Å². The van der Waals surface area contributed by atoms with Crippen molar-refractivity contribution in [1.82, 2.24) is 10.6 Å². The summed E-state index contributed by atoms with van der Waals surface area (Å²) in [6.07, 6.45) is 11.3. The summed E-state index contributed by atoms with van der Waals surface area (Å²) in [5.74, 6) is 0. The van der Waals surface area contributed by atoms with Crippen LogP contribution in [0.3, 0.4) is 0 Å². The summed E-state index contributed by atoms with van der Waals surface area (Å²) in [4.78, 5) is 0. The summed E-state index contributed by atoms with van der Waals surface area (Å²) >= 11 is 0. The van der Waals surface area contributed by atoms with Gasteiger partial charge in [0.2, 0.25) is 0 Å². The average molecular weight is 340 g/mol. The van der Waals surface area contributed by atoms with Crippen LogP contribution in [0.25, 0.3) is 18.0 Å². The summed E-state index contributed by atoms with van der Waals surface area (Å²) < 4.78 is 13.7. The summed E-state index contributed by atoms with van der Waals surface area (Å²) in [6.45, 7) is 5.80. The quantitative estimate of drug-likeness (QED) is 0.624. The van der Waals surface area contributed by atoms with Gasteiger partial charge < -0.3 is 21.7 Å². The normalized spacial score (nSPS) is 22.4. The maximum atomic E-state index is 13.7. The molecule has 2 aliphatic rings. The molecule has 1 saturated heterocycles. The van der Waals surface area contributed by atoms with E-state index in [1.807, 2.05) is 24.3 Å². The van der Waals surface area contributed by atoms with Crippen molar-refractivity contribution in [1.29, 1.82) is 0 Å². The van der Waals surface area contributed by atoms with Gasteiger partial charge in [0.25, 0.3) is 0 Å². The molecular formula is C20H25FN4. The van der Waals surface area contributed by atoms with Crippen LogP contribution < -0.4 is 32.1 Å². The summed E-state index contributed by atoms with van der Waals surface area (Å²) in [5, 5.41) is 11.7. The molecule has 2 aliphatic heterocycles. The lowest BCUT2D eigenvalue weighted by Crippen LogP contribution is -2.39. The summed E-state index contributed by atoms with van der Waals surface area (Å²) in [6, 6.07) is 4.43. The van der Waals surface area contributed by atoms with E-state index in [-0.39, 0.29) is 0 Å². The predicted octanol–water partition coefficient (Wildman–Crippen LogP) is 1.31. The molecule has 5 N–H and O–H groups in total. The molecular weight excluding hydrogens is 315 g/mol. The molecule has 132 valence electrons. The Bertz CT molecular complexity index is 804. The Morgan fingerprint density at radius 1 is 1.28 bits per heavy atom. The van der Waals surface area contributed by atoms with Gasteiger partial charge in [0, 0.05) is 34.4 Å². The lowest BCUT2D eigenvalue weighted by molar-refractivity contribution is 0.370. The third-order valence-electron chi connectivity index (χ3n) is 4.52. The van der Waals surface area contributed by atoms with Crippen molar-refractivity contribution in [3.8, 4) is 0 Å². The van der Waals surface area contributed by atoms with Gasteiger partial charge in [-0.1, -0.05) is 24.8 Å². The lowest BCUT2D eigenvalue weighted by atomic mass is 10.0. The highest BCUT2D eigenvalue weighted by Gasteiger charge is 2.15. The molecule has 2 heterocycles. The van der Waals surface area contributed by atoms with Gasteiger partial charge in [-0.25, -0.2) is 4.39 Å². The van der Waals surface area contributed by atoms with Crippen LogP contribution in [0.4, 0.5) is 10.1 Å². The van der Waals surface area contributed by atoms with Crippen molar-refractivity contribution in [3.63, 3.8) is 0 Å². The minimum atomic E-state index is -1.17. The second-order valence-electron chi connectivity index (χ2n) is 6.28. The Kier molecular flexibility index (Phi) is 5.56. The fraction of sp³-hybridized carbons (Fsp3) is 0.300. The van der Waals surface area contributed by atoms with E-state index in [0.717, 1.165) is 53.3 Å². The largest absolute Gasteiger partial charge is 0.404 e. The van der Waals surface area contributed by atoms with E-state index in [1.54, 1.807) is 18.4 Å². The molecule has 1 aromatic rings. The third-order valence-corrected chi connectivity index (χ3v) is 4.52. The van der Waals surface area contributed by atoms with Gasteiger partial charge >= 0.3 is 0 Å². The average Bonchev–Trinajstić information content (AvgIpc) is 2.63. The maximum Gasteiger partial charge on any atom is 0.189 e. The summed E-state index contributed by atoms with van der Waals surface area (Å²) in [5.41, 5.74) is 8.54. The number of dihydropyridines is 1. The maximum absolute atomic E-state index is 13.7. The number of halogens is 1. The number of rotatable bonds is 4. The van der Waals surface area contributed by atoms with Gasteiger partial charge in [-0.05, 0) is 55.4 Å². The molecule has 5 heteroatoms. The van der Waals surface area contributed by atoms with Crippen LogP contribution in [0.2, 0.25) is 0 Å². The van der Waals surface area contributed by atoms with E-state index in [4.69, 9.17) is 5.73 Å². The Morgan fingerprint density at radius 2 is 2.08 bits per heavy atom. The SMILES string of the molecule is C=C/C=c1/cc(C2=CC=CC(F)N2)cc(NC2CCNCC2)/c1=C/N. The molecule has 0 amide bonds. The van der Waals surface area contributed by atoms with Crippen LogP contribution in [0.5, 0.6) is 0 Å². The molecule has 0 bridgehead atoms. The monoisotopic (exact) mass is 340 g/mol. The van der Waals surface area contributed by atoms with Gasteiger partial charge in [-0.3, -0.25) is 0 Å². The standard InChI is InChI=1S/C20H25FN4/c1-2-4-14-11-15(18-5-3-6-20(21)25-18)12-19(17(14)13-22)24-16-7-9-23-10-8-16/h2-6,11-13,16,20,23-25H,1,7-10,22H2/b14-4-,17-13+. The zero-order valence-electron chi connectivity index (χ0n) is 14.3. The highest BCUT2D eigenvalue weighted by atomic mass is 19.1. The van der Waals surface area contributed by atoms with Crippen LogP contribution >= 0.6 is 0 Å². The van der Waals surface area contributed by atoms with E-state index < -0.39 is 6.30 Å². The number of allylic oxidation sites excluding steroid dienone is 3. The van der Waals surface area contributed by atoms with Crippen molar-refractivity contribution < 1.29 is 4.39 Å². The first-order chi connectivity index (χ1) is 12.2. The zero-order chi connectivity index (χ0) is 17.6. The molecule has 1 aromatic carbocycles. The fourth-order valence-electron chi connectivity index (χ4n) is 3.26. The van der Waals surface area contributed by atoms with Crippen molar-refractivity contribution >= 4 is 23.7 Å². The Labute approximate surface area is 147 Å². The number of alkyl halides is 1. The number of anilines is 1. The molecule has 0 radical (unpaired) electrons. The zero-order valence-corrected chi connectivity index (χ0v) is 14.3. The van der Waals surface area contributed by atoms with E-state index in [0.29, 0.717) is 6.04 Å². The number of piperidine rings is 1. The number of nitrogens with one attached hydrogen (secondary N) is 3. The smallest absolute Gasteiger partial charge is 0.189 e. The van der Waals surface area contributed by atoms with Crippen molar-refractivity contribution in [2.45, 2.75) is 25.2 Å². The van der Waals surface area contributed by atoms with Crippen LogP contribution in [-0.4, -0.2) is 25.4 Å². The van der Waals surface area contributed by atoms with Crippen LogP contribution in [0.1, 0.15) is 18.4 Å². The first-order valence-electron chi connectivity index (χ1n) is 8.66. The molecule has 1 unspecified atom stereocenters. The topological polar surface area (TPSA) is 62.1 Å². The Morgan fingerprint density at radius 3 is 2.76 bits per heavy atom. The van der Waals surface area contributed by atoms with Gasteiger partial charge in [0.1, 0.15) is 0 Å². The molecule has 0 aromatic heterocycles. The summed E-state index contributed by atoms with van der Waals surface area (Å²) in [7, 11) is 0. The fourth-order valence-corrected chi connectivity index (χ4v) is 3.26. The molecule has 0 spiro atoms. The van der Waals surface area contributed by atoms with Gasteiger partial charge in [0.05, 0.1) is 0 Å². The molecule has 25 heavy (non-hydrogen) atoms. The van der Waals surface area contributed by atoms with Crippen LogP contribution in [0, 0.1) is 0 Å². The van der Waals surface area contributed by atoms with Crippen molar-refractivity contribution in [3.05, 3.63) is 59.0 Å². The molecule has 1 fully saturated rings. The van der Waals surface area contributed by atoms with E-state index in [1.165, 1.54) is 6.08 Å². The highest BCUT2D eigenvalue weighted by molar-refractivity contribution is 5.71. The predicted molar refractivity (Wildman–Crippen MR) is 104 cm³/mol. The minimum Gasteiger partial charge on any atom is -0.404 e. The van der Waals surface area contributed by atoms with Crippen LogP contribution in [0.15, 0.2) is 43.0 Å². The molecule has 3 rings (SSSR count). The Balaban J connectivity index is 2.05. The van der Waals surface area contributed by atoms with E-state index >= 15 is 0 Å². The number of benzene rings is 1. The van der Waals surface area contributed by atoms with Crippen molar-refractivity contribution in [2.75, 3.05) is 18.4 Å².